The van der Waals surface area contributed by atoms with E-state index in [9.17, 15) is 4.39 Å². The standard InChI is InChI=1S/C14H18FN3/c15-6-1-7-16-13-12(10-17-18-13)3-2-11-8-14(9-11)4-5-14/h10-11H,1,4-9H2,(H2,16,17,18). The summed E-state index contributed by atoms with van der Waals surface area (Å²) >= 11 is 0. The fraction of sp³-hybridized carbons (Fsp3) is 0.643. The molecule has 96 valence electrons. The highest BCUT2D eigenvalue weighted by molar-refractivity contribution is 5.52. The number of rotatable bonds is 4. The zero-order valence-corrected chi connectivity index (χ0v) is 10.4. The fourth-order valence-electron chi connectivity index (χ4n) is 2.65. The first-order chi connectivity index (χ1) is 8.81. The van der Waals surface area contributed by atoms with Gasteiger partial charge in [-0.15, -0.1) is 0 Å². The van der Waals surface area contributed by atoms with Crippen LogP contribution in [-0.2, 0) is 0 Å². The zero-order valence-electron chi connectivity index (χ0n) is 10.4. The van der Waals surface area contributed by atoms with E-state index in [1.165, 1.54) is 25.7 Å². The monoisotopic (exact) mass is 247 g/mol. The summed E-state index contributed by atoms with van der Waals surface area (Å²) in [4.78, 5) is 0. The molecule has 2 N–H and O–H groups in total. The molecule has 1 aromatic rings. The van der Waals surface area contributed by atoms with Crippen molar-refractivity contribution in [1.29, 1.82) is 0 Å². The van der Waals surface area contributed by atoms with Crippen molar-refractivity contribution in [2.75, 3.05) is 18.5 Å². The lowest BCUT2D eigenvalue weighted by Gasteiger charge is -2.31. The maximum Gasteiger partial charge on any atom is 0.137 e. The number of aromatic nitrogens is 2. The van der Waals surface area contributed by atoms with E-state index in [-0.39, 0.29) is 6.67 Å². The van der Waals surface area contributed by atoms with Crippen LogP contribution in [0.15, 0.2) is 6.20 Å². The summed E-state index contributed by atoms with van der Waals surface area (Å²) in [5, 5.41) is 9.97. The Kier molecular flexibility index (Phi) is 2.99. The smallest absolute Gasteiger partial charge is 0.137 e. The average molecular weight is 247 g/mol. The summed E-state index contributed by atoms with van der Waals surface area (Å²) in [5.74, 6) is 7.90. The summed E-state index contributed by atoms with van der Waals surface area (Å²) in [6.07, 6.45) is 7.62. The minimum Gasteiger partial charge on any atom is -0.369 e. The SMILES string of the molecule is FCCCNc1[nH]ncc1C#CC1CC2(CC2)C1. The molecule has 2 aliphatic carbocycles. The summed E-state index contributed by atoms with van der Waals surface area (Å²) < 4.78 is 12.0. The average Bonchev–Trinajstić information content (AvgIpc) is 3.00. The molecular weight excluding hydrogens is 229 g/mol. The molecule has 1 heterocycles. The molecule has 0 radical (unpaired) electrons. The number of halogens is 1. The van der Waals surface area contributed by atoms with E-state index < -0.39 is 0 Å². The first-order valence-electron chi connectivity index (χ1n) is 6.66. The van der Waals surface area contributed by atoms with Gasteiger partial charge in [-0.2, -0.15) is 5.10 Å². The van der Waals surface area contributed by atoms with Crippen molar-refractivity contribution >= 4 is 5.82 Å². The Balaban J connectivity index is 1.55. The summed E-state index contributed by atoms with van der Waals surface area (Å²) in [5.41, 5.74) is 1.60. The Labute approximate surface area is 107 Å². The lowest BCUT2D eigenvalue weighted by atomic mass is 9.72. The second kappa shape index (κ2) is 4.64. The van der Waals surface area contributed by atoms with Gasteiger partial charge in [-0.3, -0.25) is 9.49 Å². The second-order valence-electron chi connectivity index (χ2n) is 5.50. The third-order valence-electron chi connectivity index (χ3n) is 3.98. The highest BCUT2D eigenvalue weighted by atomic mass is 19.1. The predicted octanol–water partition coefficient (Wildman–Crippen LogP) is 2.72. The first kappa shape index (κ1) is 11.6. The van der Waals surface area contributed by atoms with Crippen LogP contribution in [0, 0.1) is 23.2 Å². The van der Waals surface area contributed by atoms with Crippen molar-refractivity contribution < 1.29 is 4.39 Å². The van der Waals surface area contributed by atoms with Crippen LogP contribution < -0.4 is 5.32 Å². The van der Waals surface area contributed by atoms with E-state index in [4.69, 9.17) is 0 Å². The molecule has 0 saturated heterocycles. The number of alkyl halides is 1. The van der Waals surface area contributed by atoms with E-state index in [0.717, 1.165) is 11.4 Å². The Morgan fingerprint density at radius 1 is 1.50 bits per heavy atom. The lowest BCUT2D eigenvalue weighted by Crippen LogP contribution is -2.23. The third-order valence-corrected chi connectivity index (χ3v) is 3.98. The van der Waals surface area contributed by atoms with Crippen LogP contribution in [-0.4, -0.2) is 23.4 Å². The second-order valence-corrected chi connectivity index (χ2v) is 5.50. The molecule has 3 nitrogen and oxygen atoms in total. The quantitative estimate of drug-likeness (QED) is 0.634. The first-order valence-corrected chi connectivity index (χ1v) is 6.66. The Hall–Kier alpha value is -1.50. The van der Waals surface area contributed by atoms with Gasteiger partial charge in [-0.25, -0.2) is 0 Å². The topological polar surface area (TPSA) is 40.7 Å². The van der Waals surface area contributed by atoms with Crippen LogP contribution in [0.25, 0.3) is 0 Å². The van der Waals surface area contributed by atoms with E-state index in [1.54, 1.807) is 6.20 Å². The molecule has 2 fully saturated rings. The Bertz CT molecular complexity index is 471. The van der Waals surface area contributed by atoms with Gasteiger partial charge in [0.05, 0.1) is 18.4 Å². The van der Waals surface area contributed by atoms with Gasteiger partial charge in [-0.05, 0) is 37.5 Å². The van der Waals surface area contributed by atoms with Gasteiger partial charge in [0.25, 0.3) is 0 Å². The number of nitrogens with one attached hydrogen (secondary N) is 2. The molecule has 0 amide bonds. The number of aromatic amines is 1. The minimum atomic E-state index is -0.299. The molecule has 0 atom stereocenters. The van der Waals surface area contributed by atoms with Gasteiger partial charge in [0.15, 0.2) is 0 Å². The molecule has 0 bridgehead atoms. The molecule has 18 heavy (non-hydrogen) atoms. The predicted molar refractivity (Wildman–Crippen MR) is 68.9 cm³/mol. The number of hydrogen-bond acceptors (Lipinski definition) is 2. The van der Waals surface area contributed by atoms with Crippen molar-refractivity contribution in [3.8, 4) is 11.8 Å². The zero-order chi connectivity index (χ0) is 12.4. The van der Waals surface area contributed by atoms with E-state index >= 15 is 0 Å². The molecule has 0 unspecified atom stereocenters. The molecular formula is C14H18FN3. The summed E-state index contributed by atoms with van der Waals surface area (Å²) in [7, 11) is 0. The van der Waals surface area contributed by atoms with Gasteiger partial charge in [0.1, 0.15) is 5.82 Å². The van der Waals surface area contributed by atoms with E-state index in [2.05, 4.69) is 27.4 Å². The van der Waals surface area contributed by atoms with Crippen molar-refractivity contribution in [2.45, 2.75) is 32.1 Å². The summed E-state index contributed by atoms with van der Waals surface area (Å²) in [6, 6.07) is 0. The fourth-order valence-corrected chi connectivity index (χ4v) is 2.65. The van der Waals surface area contributed by atoms with Gasteiger partial charge >= 0.3 is 0 Å². The largest absolute Gasteiger partial charge is 0.369 e. The van der Waals surface area contributed by atoms with Crippen LogP contribution in [0.1, 0.15) is 37.7 Å². The molecule has 4 heteroatoms. The number of nitrogens with zero attached hydrogens (tertiary/aromatic N) is 1. The van der Waals surface area contributed by atoms with Crippen LogP contribution in [0.4, 0.5) is 10.2 Å². The van der Waals surface area contributed by atoms with Crippen molar-refractivity contribution in [1.82, 2.24) is 10.2 Å². The van der Waals surface area contributed by atoms with Gasteiger partial charge < -0.3 is 5.32 Å². The number of hydrogen-bond donors (Lipinski definition) is 2. The van der Waals surface area contributed by atoms with Crippen LogP contribution in [0.2, 0.25) is 0 Å². The number of H-pyrrole nitrogens is 1. The van der Waals surface area contributed by atoms with Crippen molar-refractivity contribution in [3.63, 3.8) is 0 Å². The third kappa shape index (κ3) is 2.35. The van der Waals surface area contributed by atoms with Crippen LogP contribution in [0.5, 0.6) is 0 Å². The minimum absolute atomic E-state index is 0.299. The molecule has 0 aliphatic heterocycles. The number of anilines is 1. The van der Waals surface area contributed by atoms with Crippen LogP contribution >= 0.6 is 0 Å². The maximum atomic E-state index is 12.0. The molecule has 2 aliphatic rings. The Morgan fingerprint density at radius 2 is 2.33 bits per heavy atom. The Morgan fingerprint density at radius 3 is 3.06 bits per heavy atom. The summed E-state index contributed by atoms with van der Waals surface area (Å²) in [6.45, 7) is 0.312. The lowest BCUT2D eigenvalue weighted by molar-refractivity contribution is 0.222. The van der Waals surface area contributed by atoms with Crippen molar-refractivity contribution in [2.24, 2.45) is 11.3 Å². The normalized spacial score (nSPS) is 20.1. The highest BCUT2D eigenvalue weighted by Gasteiger charge is 2.52. The van der Waals surface area contributed by atoms with Gasteiger partial charge in [0, 0.05) is 12.5 Å². The van der Waals surface area contributed by atoms with Gasteiger partial charge in [0.2, 0.25) is 0 Å². The molecule has 2 saturated carbocycles. The van der Waals surface area contributed by atoms with Crippen molar-refractivity contribution in [3.05, 3.63) is 11.8 Å². The molecule has 1 spiro atoms. The van der Waals surface area contributed by atoms with E-state index in [1.807, 2.05) is 0 Å². The highest BCUT2D eigenvalue weighted by Crippen LogP contribution is 2.63. The molecule has 3 rings (SSSR count). The maximum absolute atomic E-state index is 12.0. The van der Waals surface area contributed by atoms with E-state index in [0.29, 0.717) is 24.3 Å². The molecule has 1 aromatic heterocycles. The van der Waals surface area contributed by atoms with Gasteiger partial charge in [-0.1, -0.05) is 11.8 Å². The molecule has 0 aromatic carbocycles. The van der Waals surface area contributed by atoms with Crippen LogP contribution in [0.3, 0.4) is 0 Å².